The normalized spacial score (nSPS) is 15.2. The van der Waals surface area contributed by atoms with E-state index >= 15 is 0 Å². The summed E-state index contributed by atoms with van der Waals surface area (Å²) in [7, 11) is 1.60. The minimum atomic E-state index is -0.898. The molecule has 0 saturated carbocycles. The van der Waals surface area contributed by atoms with Crippen LogP contribution in [0.2, 0.25) is 0 Å². The fourth-order valence-corrected chi connectivity index (χ4v) is 1.67. The molecule has 0 aliphatic carbocycles. The highest BCUT2D eigenvalue weighted by molar-refractivity contribution is 5.34. The van der Waals surface area contributed by atoms with Crippen LogP contribution in [0.15, 0.2) is 18.2 Å². The summed E-state index contributed by atoms with van der Waals surface area (Å²) in [5, 5.41) is 10.2. The maximum atomic E-state index is 10.2. The fourth-order valence-electron chi connectivity index (χ4n) is 1.67. The Balaban J connectivity index is 3.10. The summed E-state index contributed by atoms with van der Waals surface area (Å²) in [6.45, 7) is 6.11. The molecule has 1 aromatic carbocycles. The number of aryl methyl sites for hydroxylation is 2. The van der Waals surface area contributed by atoms with Gasteiger partial charge in [0.05, 0.1) is 6.61 Å². The van der Waals surface area contributed by atoms with Gasteiger partial charge in [-0.15, -0.1) is 0 Å². The molecule has 14 heavy (non-hydrogen) atoms. The highest BCUT2D eigenvalue weighted by Gasteiger charge is 2.24. The molecule has 0 fully saturated rings. The number of benzene rings is 1. The first-order valence-corrected chi connectivity index (χ1v) is 4.76. The van der Waals surface area contributed by atoms with E-state index in [0.29, 0.717) is 6.61 Å². The zero-order chi connectivity index (χ0) is 10.8. The second kappa shape index (κ2) is 4.11. The minimum Gasteiger partial charge on any atom is -0.383 e. The average Bonchev–Trinajstić information content (AvgIpc) is 2.09. The fraction of sp³-hybridized carbons (Fsp3) is 0.500. The molecule has 0 aliphatic rings. The molecule has 1 N–H and O–H groups in total. The summed E-state index contributed by atoms with van der Waals surface area (Å²) >= 11 is 0. The zero-order valence-corrected chi connectivity index (χ0v) is 9.29. The van der Waals surface area contributed by atoms with Gasteiger partial charge in [0.15, 0.2) is 0 Å². The van der Waals surface area contributed by atoms with Gasteiger partial charge in [0.25, 0.3) is 0 Å². The Morgan fingerprint density at radius 1 is 1.36 bits per heavy atom. The molecule has 2 nitrogen and oxygen atoms in total. The first-order chi connectivity index (χ1) is 6.47. The largest absolute Gasteiger partial charge is 0.383 e. The van der Waals surface area contributed by atoms with Gasteiger partial charge in [0.1, 0.15) is 5.60 Å². The van der Waals surface area contributed by atoms with E-state index in [4.69, 9.17) is 4.74 Å². The summed E-state index contributed by atoms with van der Waals surface area (Å²) < 4.78 is 5.01. The number of rotatable bonds is 3. The molecule has 1 rings (SSSR count). The molecule has 0 spiro atoms. The third-order valence-corrected chi connectivity index (χ3v) is 2.40. The molecule has 0 aromatic heterocycles. The van der Waals surface area contributed by atoms with Crippen LogP contribution in [0.3, 0.4) is 0 Å². The van der Waals surface area contributed by atoms with Crippen LogP contribution in [0.4, 0.5) is 0 Å². The van der Waals surface area contributed by atoms with E-state index in [9.17, 15) is 5.11 Å². The number of methoxy groups -OCH3 is 1. The number of aliphatic hydroxyl groups is 1. The first-order valence-electron chi connectivity index (χ1n) is 4.76. The summed E-state index contributed by atoms with van der Waals surface area (Å²) in [5.41, 5.74) is 2.30. The van der Waals surface area contributed by atoms with Gasteiger partial charge in [-0.1, -0.05) is 23.8 Å². The standard InChI is InChI=1S/C12H18O2/c1-9-5-6-10(2)11(7-9)12(3,13)8-14-4/h5-7,13H,8H2,1-4H3. The summed E-state index contributed by atoms with van der Waals surface area (Å²) in [4.78, 5) is 0. The molecule has 1 aromatic rings. The van der Waals surface area contributed by atoms with Crippen LogP contribution >= 0.6 is 0 Å². The quantitative estimate of drug-likeness (QED) is 0.799. The molecule has 0 saturated heterocycles. The predicted octanol–water partition coefficient (Wildman–Crippen LogP) is 2.16. The molecule has 0 bridgehead atoms. The van der Waals surface area contributed by atoms with Crippen LogP contribution in [-0.4, -0.2) is 18.8 Å². The Morgan fingerprint density at radius 2 is 2.00 bits per heavy atom. The zero-order valence-electron chi connectivity index (χ0n) is 9.29. The second-order valence-corrected chi connectivity index (χ2v) is 4.03. The van der Waals surface area contributed by atoms with Crippen molar-refractivity contribution in [1.29, 1.82) is 0 Å². The van der Waals surface area contributed by atoms with Gasteiger partial charge < -0.3 is 9.84 Å². The third-order valence-electron chi connectivity index (χ3n) is 2.40. The predicted molar refractivity (Wildman–Crippen MR) is 57.4 cm³/mol. The Kier molecular flexibility index (Phi) is 3.29. The van der Waals surface area contributed by atoms with Crippen molar-refractivity contribution in [1.82, 2.24) is 0 Å². The van der Waals surface area contributed by atoms with Crippen LogP contribution in [-0.2, 0) is 10.3 Å². The van der Waals surface area contributed by atoms with Crippen molar-refractivity contribution in [2.75, 3.05) is 13.7 Å². The van der Waals surface area contributed by atoms with Crippen LogP contribution in [0.5, 0.6) is 0 Å². The summed E-state index contributed by atoms with van der Waals surface area (Å²) in [5.74, 6) is 0. The molecule has 0 radical (unpaired) electrons. The van der Waals surface area contributed by atoms with Crippen molar-refractivity contribution in [3.05, 3.63) is 34.9 Å². The molecule has 2 heteroatoms. The number of hydrogen-bond donors (Lipinski definition) is 1. The van der Waals surface area contributed by atoms with E-state index in [2.05, 4.69) is 0 Å². The van der Waals surface area contributed by atoms with Crippen molar-refractivity contribution in [3.63, 3.8) is 0 Å². The van der Waals surface area contributed by atoms with Crippen LogP contribution in [0, 0.1) is 13.8 Å². The maximum absolute atomic E-state index is 10.2. The smallest absolute Gasteiger partial charge is 0.110 e. The second-order valence-electron chi connectivity index (χ2n) is 4.03. The van der Waals surface area contributed by atoms with E-state index in [1.54, 1.807) is 14.0 Å². The van der Waals surface area contributed by atoms with E-state index in [1.165, 1.54) is 0 Å². The first kappa shape index (κ1) is 11.2. The molecule has 0 amide bonds. The Hall–Kier alpha value is -0.860. The van der Waals surface area contributed by atoms with Crippen molar-refractivity contribution in [2.45, 2.75) is 26.4 Å². The highest BCUT2D eigenvalue weighted by atomic mass is 16.5. The molecular weight excluding hydrogens is 176 g/mol. The van der Waals surface area contributed by atoms with Crippen molar-refractivity contribution in [3.8, 4) is 0 Å². The summed E-state index contributed by atoms with van der Waals surface area (Å²) in [6.07, 6.45) is 0. The Morgan fingerprint density at radius 3 is 2.57 bits per heavy atom. The molecule has 1 atom stereocenters. The minimum absolute atomic E-state index is 0.317. The summed E-state index contributed by atoms with van der Waals surface area (Å²) in [6, 6.07) is 6.07. The lowest BCUT2D eigenvalue weighted by atomic mass is 9.91. The van der Waals surface area contributed by atoms with Gasteiger partial charge in [-0.05, 0) is 31.9 Å². The van der Waals surface area contributed by atoms with Gasteiger partial charge in [-0.3, -0.25) is 0 Å². The third kappa shape index (κ3) is 2.34. The Bertz CT molecular complexity index is 316. The van der Waals surface area contributed by atoms with E-state index < -0.39 is 5.60 Å². The van der Waals surface area contributed by atoms with E-state index in [0.717, 1.165) is 16.7 Å². The van der Waals surface area contributed by atoms with Gasteiger partial charge in [-0.2, -0.15) is 0 Å². The topological polar surface area (TPSA) is 29.5 Å². The number of hydrogen-bond acceptors (Lipinski definition) is 2. The Labute approximate surface area is 85.5 Å². The van der Waals surface area contributed by atoms with Crippen LogP contribution in [0.25, 0.3) is 0 Å². The molecular formula is C12H18O2. The van der Waals surface area contributed by atoms with E-state index in [1.807, 2.05) is 32.0 Å². The maximum Gasteiger partial charge on any atom is 0.110 e. The van der Waals surface area contributed by atoms with Crippen molar-refractivity contribution < 1.29 is 9.84 Å². The van der Waals surface area contributed by atoms with Gasteiger partial charge in [0.2, 0.25) is 0 Å². The molecule has 0 aliphatic heterocycles. The molecule has 1 unspecified atom stereocenters. The monoisotopic (exact) mass is 194 g/mol. The molecule has 78 valence electrons. The van der Waals surface area contributed by atoms with Crippen molar-refractivity contribution in [2.24, 2.45) is 0 Å². The highest BCUT2D eigenvalue weighted by Crippen LogP contribution is 2.25. The van der Waals surface area contributed by atoms with Gasteiger partial charge in [-0.25, -0.2) is 0 Å². The van der Waals surface area contributed by atoms with Gasteiger partial charge in [0, 0.05) is 7.11 Å². The number of ether oxygens (including phenoxy) is 1. The SMILES string of the molecule is COCC(C)(O)c1cc(C)ccc1C. The lowest BCUT2D eigenvalue weighted by Crippen LogP contribution is -2.28. The lowest BCUT2D eigenvalue weighted by molar-refractivity contribution is -0.0212. The average molecular weight is 194 g/mol. The van der Waals surface area contributed by atoms with E-state index in [-0.39, 0.29) is 0 Å². The van der Waals surface area contributed by atoms with Gasteiger partial charge >= 0.3 is 0 Å². The lowest BCUT2D eigenvalue weighted by Gasteiger charge is -2.25. The molecule has 0 heterocycles. The van der Waals surface area contributed by atoms with Crippen LogP contribution < -0.4 is 0 Å². The van der Waals surface area contributed by atoms with Crippen LogP contribution in [0.1, 0.15) is 23.6 Å². The van der Waals surface area contributed by atoms with Crippen molar-refractivity contribution >= 4 is 0 Å².